The Morgan fingerprint density at radius 2 is 2.27 bits per heavy atom. The van der Waals surface area contributed by atoms with Gasteiger partial charge in [0.1, 0.15) is 0 Å². The van der Waals surface area contributed by atoms with Crippen LogP contribution in [0.25, 0.3) is 5.69 Å². The van der Waals surface area contributed by atoms with Gasteiger partial charge in [-0.25, -0.2) is 4.68 Å². The van der Waals surface area contributed by atoms with Crippen LogP contribution >= 0.6 is 11.6 Å². The van der Waals surface area contributed by atoms with E-state index in [2.05, 4.69) is 10.3 Å². The molecule has 0 aliphatic rings. The van der Waals surface area contributed by atoms with Crippen molar-refractivity contribution in [3.8, 4) is 5.69 Å². The Hall–Kier alpha value is -1.39. The number of hydrogen-bond acceptors (Lipinski definition) is 3. The summed E-state index contributed by atoms with van der Waals surface area (Å²) in [5.74, 6) is 0. The van der Waals surface area contributed by atoms with Crippen LogP contribution in [-0.4, -0.2) is 20.1 Å². The van der Waals surface area contributed by atoms with Crippen molar-refractivity contribution in [1.29, 1.82) is 0 Å². The highest BCUT2D eigenvalue weighted by Crippen LogP contribution is 2.19. The van der Waals surface area contributed by atoms with Gasteiger partial charge in [-0.05, 0) is 24.6 Å². The number of aromatic nitrogens is 3. The van der Waals surface area contributed by atoms with E-state index in [9.17, 15) is 0 Å². The number of hydrogen-bond donors (Lipinski definition) is 1. The molecular weight excluding hydrogens is 214 g/mol. The van der Waals surface area contributed by atoms with E-state index in [1.54, 1.807) is 10.7 Å². The molecule has 0 fully saturated rings. The van der Waals surface area contributed by atoms with Crippen molar-refractivity contribution < 1.29 is 5.11 Å². The number of halogens is 1. The molecule has 0 aliphatic carbocycles. The summed E-state index contributed by atoms with van der Waals surface area (Å²) >= 11 is 5.91. The Labute approximate surface area is 92.1 Å². The van der Waals surface area contributed by atoms with Crippen molar-refractivity contribution in [2.24, 2.45) is 0 Å². The summed E-state index contributed by atoms with van der Waals surface area (Å²) in [6, 6.07) is 5.52. The maximum Gasteiger partial charge on any atom is 0.0900 e. The van der Waals surface area contributed by atoms with Gasteiger partial charge in [-0.15, -0.1) is 5.10 Å². The van der Waals surface area contributed by atoms with Crippen LogP contribution in [-0.2, 0) is 6.61 Å². The van der Waals surface area contributed by atoms with E-state index >= 15 is 0 Å². The van der Waals surface area contributed by atoms with Gasteiger partial charge in [0, 0.05) is 5.02 Å². The Morgan fingerprint density at radius 3 is 3.00 bits per heavy atom. The highest BCUT2D eigenvalue weighted by molar-refractivity contribution is 6.30. The van der Waals surface area contributed by atoms with Crippen LogP contribution in [0.2, 0.25) is 5.02 Å². The first-order valence-electron chi connectivity index (χ1n) is 4.49. The maximum atomic E-state index is 9.10. The van der Waals surface area contributed by atoms with Crippen molar-refractivity contribution in [3.05, 3.63) is 40.7 Å². The molecule has 0 bridgehead atoms. The first kappa shape index (κ1) is 10.1. The maximum absolute atomic E-state index is 9.10. The fourth-order valence-electron chi connectivity index (χ4n) is 1.38. The summed E-state index contributed by atoms with van der Waals surface area (Å²) in [7, 11) is 0. The average molecular weight is 224 g/mol. The van der Waals surface area contributed by atoms with E-state index in [0.29, 0.717) is 10.7 Å². The molecule has 0 radical (unpaired) electrons. The molecule has 1 N–H and O–H groups in total. The number of benzene rings is 1. The van der Waals surface area contributed by atoms with E-state index < -0.39 is 0 Å². The quantitative estimate of drug-likeness (QED) is 0.844. The minimum Gasteiger partial charge on any atom is -0.390 e. The molecule has 78 valence electrons. The lowest BCUT2D eigenvalue weighted by molar-refractivity contribution is 0.273. The molecule has 0 atom stereocenters. The van der Waals surface area contributed by atoms with Gasteiger partial charge in [0.2, 0.25) is 0 Å². The molecule has 0 aliphatic heterocycles. The van der Waals surface area contributed by atoms with Gasteiger partial charge in [-0.3, -0.25) is 0 Å². The van der Waals surface area contributed by atoms with Gasteiger partial charge in [0.25, 0.3) is 0 Å². The van der Waals surface area contributed by atoms with Gasteiger partial charge in [-0.2, -0.15) is 0 Å². The largest absolute Gasteiger partial charge is 0.390 e. The van der Waals surface area contributed by atoms with Crippen LogP contribution in [0.3, 0.4) is 0 Å². The Balaban J connectivity index is 2.58. The zero-order chi connectivity index (χ0) is 10.8. The zero-order valence-electron chi connectivity index (χ0n) is 8.18. The molecule has 0 spiro atoms. The number of aryl methyl sites for hydroxylation is 1. The molecule has 2 rings (SSSR count). The molecule has 0 unspecified atom stereocenters. The molecule has 1 aromatic heterocycles. The van der Waals surface area contributed by atoms with Crippen LogP contribution in [0.1, 0.15) is 11.3 Å². The topological polar surface area (TPSA) is 50.9 Å². The summed E-state index contributed by atoms with van der Waals surface area (Å²) in [5.41, 5.74) is 2.50. The molecule has 15 heavy (non-hydrogen) atoms. The van der Waals surface area contributed by atoms with Crippen molar-refractivity contribution in [3.63, 3.8) is 0 Å². The van der Waals surface area contributed by atoms with Crippen LogP contribution in [0.5, 0.6) is 0 Å². The second-order valence-electron chi connectivity index (χ2n) is 3.23. The van der Waals surface area contributed by atoms with Gasteiger partial charge in [0.15, 0.2) is 0 Å². The minimum absolute atomic E-state index is 0.0983. The molecule has 2 aromatic rings. The van der Waals surface area contributed by atoms with E-state index in [1.165, 1.54) is 6.20 Å². The van der Waals surface area contributed by atoms with Gasteiger partial charge < -0.3 is 5.11 Å². The summed E-state index contributed by atoms with van der Waals surface area (Å²) in [4.78, 5) is 0. The van der Waals surface area contributed by atoms with Crippen LogP contribution in [0.4, 0.5) is 0 Å². The molecule has 0 saturated heterocycles. The number of rotatable bonds is 2. The third-order valence-electron chi connectivity index (χ3n) is 2.18. The normalized spacial score (nSPS) is 10.6. The van der Waals surface area contributed by atoms with Crippen molar-refractivity contribution in [2.75, 3.05) is 0 Å². The highest BCUT2D eigenvalue weighted by atomic mass is 35.5. The smallest absolute Gasteiger partial charge is 0.0900 e. The minimum atomic E-state index is -0.0983. The first-order chi connectivity index (χ1) is 7.22. The van der Waals surface area contributed by atoms with E-state index in [4.69, 9.17) is 16.7 Å². The molecule has 1 heterocycles. The lowest BCUT2D eigenvalue weighted by Gasteiger charge is -2.07. The average Bonchev–Trinajstić information content (AvgIpc) is 2.69. The zero-order valence-corrected chi connectivity index (χ0v) is 8.94. The monoisotopic (exact) mass is 223 g/mol. The molecule has 0 amide bonds. The van der Waals surface area contributed by atoms with Gasteiger partial charge in [-0.1, -0.05) is 22.9 Å². The summed E-state index contributed by atoms with van der Waals surface area (Å²) in [6.07, 6.45) is 1.53. The summed E-state index contributed by atoms with van der Waals surface area (Å²) in [6.45, 7) is 1.85. The Bertz CT molecular complexity index is 481. The fourth-order valence-corrected chi connectivity index (χ4v) is 1.54. The second kappa shape index (κ2) is 4.00. The molecule has 1 aromatic carbocycles. The van der Waals surface area contributed by atoms with E-state index in [-0.39, 0.29) is 6.61 Å². The van der Waals surface area contributed by atoms with Crippen molar-refractivity contribution >= 4 is 11.6 Å². The standard InChI is InChI=1S/C10H10ClN3O/c1-7-2-3-8(11)4-10(7)14-9(6-15)5-12-13-14/h2-5,15H,6H2,1H3. The second-order valence-corrected chi connectivity index (χ2v) is 3.66. The van der Waals surface area contributed by atoms with Crippen molar-refractivity contribution in [2.45, 2.75) is 13.5 Å². The predicted octanol–water partition coefficient (Wildman–Crippen LogP) is 1.72. The van der Waals surface area contributed by atoms with Crippen LogP contribution in [0, 0.1) is 6.92 Å². The SMILES string of the molecule is Cc1ccc(Cl)cc1-n1nncc1CO. The number of aliphatic hydroxyl groups is 1. The lowest BCUT2D eigenvalue weighted by Crippen LogP contribution is -2.04. The molecule has 0 saturated carbocycles. The molecule has 5 heteroatoms. The fraction of sp³-hybridized carbons (Fsp3) is 0.200. The predicted molar refractivity (Wildman–Crippen MR) is 57.0 cm³/mol. The molecule has 4 nitrogen and oxygen atoms in total. The Morgan fingerprint density at radius 1 is 1.47 bits per heavy atom. The van der Waals surface area contributed by atoms with E-state index in [1.807, 2.05) is 19.1 Å². The lowest BCUT2D eigenvalue weighted by atomic mass is 10.2. The number of aliphatic hydroxyl groups excluding tert-OH is 1. The highest BCUT2D eigenvalue weighted by Gasteiger charge is 2.07. The Kier molecular flexibility index (Phi) is 2.70. The third-order valence-corrected chi connectivity index (χ3v) is 2.42. The summed E-state index contributed by atoms with van der Waals surface area (Å²) in [5, 5.41) is 17.4. The summed E-state index contributed by atoms with van der Waals surface area (Å²) < 4.78 is 1.58. The van der Waals surface area contributed by atoms with E-state index in [0.717, 1.165) is 11.3 Å². The third kappa shape index (κ3) is 1.86. The van der Waals surface area contributed by atoms with Crippen LogP contribution < -0.4 is 0 Å². The van der Waals surface area contributed by atoms with Gasteiger partial charge >= 0.3 is 0 Å². The van der Waals surface area contributed by atoms with Crippen LogP contribution in [0.15, 0.2) is 24.4 Å². The van der Waals surface area contributed by atoms with Crippen molar-refractivity contribution in [1.82, 2.24) is 15.0 Å². The number of nitrogens with zero attached hydrogens (tertiary/aromatic N) is 3. The van der Waals surface area contributed by atoms with Gasteiger partial charge in [0.05, 0.1) is 24.2 Å². The first-order valence-corrected chi connectivity index (χ1v) is 4.87. The molecular formula is C10H10ClN3O.